The van der Waals surface area contributed by atoms with Crippen LogP contribution in [-0.4, -0.2) is 25.0 Å². The number of aromatic nitrogens is 5. The minimum absolute atomic E-state index is 0.0372. The lowest BCUT2D eigenvalue weighted by Crippen LogP contribution is -2.01. The van der Waals surface area contributed by atoms with Gasteiger partial charge in [0, 0.05) is 17.7 Å². The first-order valence-corrected chi connectivity index (χ1v) is 10.1. The summed E-state index contributed by atoms with van der Waals surface area (Å²) in [6.45, 7) is 6.99. The summed E-state index contributed by atoms with van der Waals surface area (Å²) < 4.78 is 8.00. The van der Waals surface area contributed by atoms with Gasteiger partial charge < -0.3 is 8.98 Å². The summed E-state index contributed by atoms with van der Waals surface area (Å²) in [5.41, 5.74) is 3.18. The van der Waals surface area contributed by atoms with E-state index in [2.05, 4.69) is 57.0 Å². The average molecular weight is 392 g/mol. The molecule has 0 N–H and O–H groups in total. The van der Waals surface area contributed by atoms with E-state index in [1.54, 1.807) is 11.8 Å². The van der Waals surface area contributed by atoms with E-state index >= 15 is 0 Å². The molecule has 1 atom stereocenters. The lowest BCUT2D eigenvalue weighted by molar-refractivity contribution is 0.508. The van der Waals surface area contributed by atoms with Crippen LogP contribution >= 0.6 is 11.8 Å². The molecule has 0 amide bonds. The highest BCUT2D eigenvalue weighted by molar-refractivity contribution is 7.99. The van der Waals surface area contributed by atoms with Crippen LogP contribution in [-0.2, 0) is 6.54 Å². The van der Waals surface area contributed by atoms with Crippen molar-refractivity contribution < 1.29 is 4.42 Å². The second kappa shape index (κ2) is 7.98. The van der Waals surface area contributed by atoms with E-state index in [0.717, 1.165) is 28.7 Å². The van der Waals surface area contributed by atoms with Crippen molar-refractivity contribution >= 4 is 11.8 Å². The van der Waals surface area contributed by atoms with Crippen molar-refractivity contribution in [3.63, 3.8) is 0 Å². The van der Waals surface area contributed by atoms with Crippen LogP contribution in [0.2, 0.25) is 0 Å². The number of nitrogens with zero attached hydrogens (tertiary/aromatic N) is 5. The van der Waals surface area contributed by atoms with Crippen molar-refractivity contribution in [3.05, 3.63) is 66.1 Å². The standard InChI is InChI=1S/C21H21N5OS/c1-4-26-18(17-12-8-9-14(2)13-17)22-25-21(26)28-15(3)19-23-24-20(27-19)16-10-6-5-7-11-16/h5-13,15H,4H2,1-3H3. The molecule has 2 aromatic heterocycles. The fourth-order valence-corrected chi connectivity index (χ4v) is 3.91. The highest BCUT2D eigenvalue weighted by atomic mass is 32.2. The summed E-state index contributed by atoms with van der Waals surface area (Å²) in [7, 11) is 0. The van der Waals surface area contributed by atoms with E-state index in [4.69, 9.17) is 4.42 Å². The van der Waals surface area contributed by atoms with Crippen molar-refractivity contribution in [2.45, 2.75) is 37.7 Å². The van der Waals surface area contributed by atoms with Crippen LogP contribution in [0.5, 0.6) is 0 Å². The molecule has 0 radical (unpaired) electrons. The van der Waals surface area contributed by atoms with E-state index in [-0.39, 0.29) is 5.25 Å². The second-order valence-electron chi connectivity index (χ2n) is 6.49. The van der Waals surface area contributed by atoms with E-state index in [9.17, 15) is 0 Å². The fourth-order valence-electron chi connectivity index (χ4n) is 2.96. The molecule has 0 saturated carbocycles. The Morgan fingerprint density at radius 2 is 1.75 bits per heavy atom. The zero-order valence-electron chi connectivity index (χ0n) is 16.0. The first kappa shape index (κ1) is 18.4. The number of aryl methyl sites for hydroxylation is 1. The van der Waals surface area contributed by atoms with E-state index < -0.39 is 0 Å². The topological polar surface area (TPSA) is 69.6 Å². The van der Waals surface area contributed by atoms with Gasteiger partial charge in [-0.2, -0.15) is 0 Å². The maximum absolute atomic E-state index is 5.88. The average Bonchev–Trinajstić information content (AvgIpc) is 3.36. The molecule has 142 valence electrons. The van der Waals surface area contributed by atoms with Gasteiger partial charge in [0.25, 0.3) is 0 Å². The molecular formula is C21H21N5OS. The van der Waals surface area contributed by atoms with Crippen molar-refractivity contribution in [1.29, 1.82) is 0 Å². The highest BCUT2D eigenvalue weighted by Gasteiger charge is 2.21. The van der Waals surface area contributed by atoms with Crippen molar-refractivity contribution in [2.75, 3.05) is 0 Å². The second-order valence-corrected chi connectivity index (χ2v) is 7.80. The Hall–Kier alpha value is -2.93. The SMILES string of the molecule is CCn1c(SC(C)c2nnc(-c3ccccc3)o2)nnc1-c1cccc(C)c1. The number of hydrogen-bond donors (Lipinski definition) is 0. The van der Waals surface area contributed by atoms with Gasteiger partial charge in [0.05, 0.1) is 5.25 Å². The smallest absolute Gasteiger partial charge is 0.247 e. The van der Waals surface area contributed by atoms with Gasteiger partial charge in [0.2, 0.25) is 11.8 Å². The Morgan fingerprint density at radius 1 is 0.964 bits per heavy atom. The molecule has 28 heavy (non-hydrogen) atoms. The van der Waals surface area contributed by atoms with Crippen LogP contribution in [0, 0.1) is 6.92 Å². The summed E-state index contributed by atoms with van der Waals surface area (Å²) in [5, 5.41) is 18.0. The zero-order valence-corrected chi connectivity index (χ0v) is 16.8. The largest absolute Gasteiger partial charge is 0.419 e. The zero-order chi connectivity index (χ0) is 19.5. The molecule has 7 heteroatoms. The molecule has 6 nitrogen and oxygen atoms in total. The molecule has 0 aliphatic carbocycles. The van der Waals surface area contributed by atoms with Gasteiger partial charge in [-0.25, -0.2) is 0 Å². The molecule has 2 aromatic carbocycles. The Balaban J connectivity index is 1.57. The molecule has 4 aromatic rings. The van der Waals surface area contributed by atoms with Gasteiger partial charge in [-0.15, -0.1) is 20.4 Å². The molecular weight excluding hydrogens is 370 g/mol. The van der Waals surface area contributed by atoms with E-state index in [1.165, 1.54) is 5.56 Å². The molecule has 2 heterocycles. The maximum atomic E-state index is 5.88. The molecule has 0 aliphatic rings. The molecule has 0 aliphatic heterocycles. The van der Waals surface area contributed by atoms with Crippen LogP contribution in [0.1, 0.15) is 30.6 Å². The minimum Gasteiger partial charge on any atom is -0.419 e. The van der Waals surface area contributed by atoms with Gasteiger partial charge in [-0.3, -0.25) is 0 Å². The van der Waals surface area contributed by atoms with Gasteiger partial charge in [-0.05, 0) is 39.0 Å². The summed E-state index contributed by atoms with van der Waals surface area (Å²) >= 11 is 1.57. The Bertz CT molecular complexity index is 1070. The summed E-state index contributed by atoms with van der Waals surface area (Å²) in [6, 6.07) is 18.1. The summed E-state index contributed by atoms with van der Waals surface area (Å²) in [5.74, 6) is 1.98. The monoisotopic (exact) mass is 391 g/mol. The molecule has 0 bridgehead atoms. The third-order valence-electron chi connectivity index (χ3n) is 4.40. The lowest BCUT2D eigenvalue weighted by atomic mass is 10.1. The third kappa shape index (κ3) is 3.71. The lowest BCUT2D eigenvalue weighted by Gasteiger charge is -2.10. The predicted octanol–water partition coefficient (Wildman–Crippen LogP) is 5.18. The molecule has 0 fully saturated rings. The van der Waals surface area contributed by atoms with Crippen molar-refractivity contribution in [2.24, 2.45) is 0 Å². The van der Waals surface area contributed by atoms with E-state index in [0.29, 0.717) is 11.8 Å². The molecule has 0 saturated heterocycles. The fraction of sp³-hybridized carbons (Fsp3) is 0.238. The summed E-state index contributed by atoms with van der Waals surface area (Å²) in [6.07, 6.45) is 0. The Kier molecular flexibility index (Phi) is 5.25. The van der Waals surface area contributed by atoms with Crippen LogP contribution in [0.3, 0.4) is 0 Å². The van der Waals surface area contributed by atoms with Crippen LogP contribution in [0.25, 0.3) is 22.8 Å². The van der Waals surface area contributed by atoms with Crippen LogP contribution < -0.4 is 0 Å². The van der Waals surface area contributed by atoms with Crippen molar-refractivity contribution in [3.8, 4) is 22.8 Å². The quantitative estimate of drug-likeness (QED) is 0.422. The normalized spacial score (nSPS) is 12.2. The molecule has 4 rings (SSSR count). The van der Waals surface area contributed by atoms with Crippen molar-refractivity contribution in [1.82, 2.24) is 25.0 Å². The molecule has 0 spiro atoms. The number of hydrogen-bond acceptors (Lipinski definition) is 6. The van der Waals surface area contributed by atoms with Gasteiger partial charge >= 0.3 is 0 Å². The van der Waals surface area contributed by atoms with E-state index in [1.807, 2.05) is 43.3 Å². The molecule has 1 unspecified atom stereocenters. The number of rotatable bonds is 6. The van der Waals surface area contributed by atoms with Crippen LogP contribution in [0.4, 0.5) is 0 Å². The predicted molar refractivity (Wildman–Crippen MR) is 110 cm³/mol. The van der Waals surface area contributed by atoms with Gasteiger partial charge in [0.1, 0.15) is 0 Å². The number of thioether (sulfide) groups is 1. The number of benzene rings is 2. The third-order valence-corrected chi connectivity index (χ3v) is 5.47. The first-order valence-electron chi connectivity index (χ1n) is 9.21. The van der Waals surface area contributed by atoms with Gasteiger partial charge in [-0.1, -0.05) is 53.7 Å². The van der Waals surface area contributed by atoms with Gasteiger partial charge in [0.15, 0.2) is 11.0 Å². The van der Waals surface area contributed by atoms with Crippen LogP contribution in [0.15, 0.2) is 64.2 Å². The Morgan fingerprint density at radius 3 is 2.50 bits per heavy atom. The summed E-state index contributed by atoms with van der Waals surface area (Å²) in [4.78, 5) is 0. The first-order chi connectivity index (χ1) is 13.7. The highest BCUT2D eigenvalue weighted by Crippen LogP contribution is 2.35. The minimum atomic E-state index is -0.0372. The maximum Gasteiger partial charge on any atom is 0.247 e. The Labute approximate surface area is 168 Å².